The van der Waals surface area contributed by atoms with Gasteiger partial charge in [-0.1, -0.05) is 5.98 Å². The number of rotatable bonds is 1. The average molecular weight is 307 g/mol. The summed E-state index contributed by atoms with van der Waals surface area (Å²) in [6, 6.07) is 5.85. The Hall–Kier alpha value is -2.56. The van der Waals surface area contributed by atoms with E-state index in [1.807, 2.05) is 50.0 Å². The van der Waals surface area contributed by atoms with Gasteiger partial charge in [0.25, 0.3) is 0 Å². The lowest BCUT2D eigenvalue weighted by Gasteiger charge is -2.21. The fourth-order valence-electron chi connectivity index (χ4n) is 3.14. The SMILES string of the molecule is [2H]C([2H])([2H])c1c[n+](C)c(B2C=c3c(oc4ncccc34)=CN2C)cc1C. The normalized spacial score (nSPS) is 16.2. The summed E-state index contributed by atoms with van der Waals surface area (Å²) in [5, 5.41) is 2.00. The number of nitrogens with zero attached hydrogens (tertiary/aromatic N) is 3. The second kappa shape index (κ2) is 4.98. The lowest BCUT2D eigenvalue weighted by atomic mass is 9.55. The largest absolute Gasteiger partial charge is 0.436 e. The zero-order valence-corrected chi connectivity index (χ0v) is 13.4. The molecule has 0 fully saturated rings. The zero-order chi connectivity index (χ0) is 18.6. The van der Waals surface area contributed by atoms with Crippen LogP contribution in [0.3, 0.4) is 0 Å². The van der Waals surface area contributed by atoms with E-state index in [0.29, 0.717) is 11.3 Å². The van der Waals surface area contributed by atoms with E-state index in [2.05, 4.69) is 15.8 Å². The van der Waals surface area contributed by atoms with E-state index < -0.39 is 6.85 Å². The molecule has 3 aromatic heterocycles. The van der Waals surface area contributed by atoms with Crippen LogP contribution in [-0.4, -0.2) is 23.7 Å². The summed E-state index contributed by atoms with van der Waals surface area (Å²) in [5.74, 6) is 2.15. The van der Waals surface area contributed by atoms with Gasteiger partial charge in [0.15, 0.2) is 17.2 Å². The second-order valence-electron chi connectivity index (χ2n) is 6.05. The van der Waals surface area contributed by atoms with Gasteiger partial charge < -0.3 is 9.23 Å². The van der Waals surface area contributed by atoms with Crippen molar-refractivity contribution in [1.29, 1.82) is 0 Å². The van der Waals surface area contributed by atoms with Gasteiger partial charge >= 0.3 is 6.85 Å². The van der Waals surface area contributed by atoms with Crippen molar-refractivity contribution < 1.29 is 13.1 Å². The van der Waals surface area contributed by atoms with Crippen LogP contribution in [0.2, 0.25) is 0 Å². The third kappa shape index (κ3) is 2.15. The van der Waals surface area contributed by atoms with Crippen LogP contribution in [0.1, 0.15) is 15.2 Å². The molecule has 1 aliphatic heterocycles. The first-order valence-corrected chi connectivity index (χ1v) is 7.55. The number of aromatic nitrogens is 2. The topological polar surface area (TPSA) is 33.1 Å². The first kappa shape index (κ1) is 11.1. The Morgan fingerprint density at radius 3 is 3.09 bits per heavy atom. The number of furan rings is 1. The fourth-order valence-corrected chi connectivity index (χ4v) is 3.14. The van der Waals surface area contributed by atoms with Crippen LogP contribution in [0.25, 0.3) is 23.3 Å². The summed E-state index contributed by atoms with van der Waals surface area (Å²) in [6.45, 7) is -0.299. The van der Waals surface area contributed by atoms with Crippen molar-refractivity contribution in [2.75, 3.05) is 7.05 Å². The summed E-state index contributed by atoms with van der Waals surface area (Å²) < 4.78 is 30.9. The molecule has 3 aromatic rings. The van der Waals surface area contributed by atoms with Crippen molar-refractivity contribution in [2.45, 2.75) is 13.8 Å². The Labute approximate surface area is 139 Å². The van der Waals surface area contributed by atoms with Gasteiger partial charge in [-0.15, -0.1) is 0 Å². The lowest BCUT2D eigenvalue weighted by Crippen LogP contribution is -2.61. The molecular formula is C18H19BN3O+. The minimum atomic E-state index is -2.12. The van der Waals surface area contributed by atoms with Gasteiger partial charge in [-0.2, -0.15) is 0 Å². The minimum Gasteiger partial charge on any atom is -0.436 e. The molecule has 0 amide bonds. The van der Waals surface area contributed by atoms with Crippen LogP contribution in [0.15, 0.2) is 35.0 Å². The monoisotopic (exact) mass is 307 g/mol. The van der Waals surface area contributed by atoms with Crippen LogP contribution in [0.4, 0.5) is 0 Å². The molecule has 0 N–H and O–H groups in total. The standard InChI is InChI=1S/C18H19BN3O/c1-12-8-17(21(3)10-13(12)2)19-9-15-14-6-5-7-20-18(14)23-16(15)11-22(19)4/h5-11H,1-4H3/q+1/i2D3. The molecule has 0 unspecified atom stereocenters. The van der Waals surface area contributed by atoms with Crippen molar-refractivity contribution >= 4 is 35.7 Å². The highest BCUT2D eigenvalue weighted by Crippen LogP contribution is 2.08. The van der Waals surface area contributed by atoms with Crippen molar-refractivity contribution in [1.82, 2.24) is 9.79 Å². The maximum atomic E-state index is 7.71. The van der Waals surface area contributed by atoms with Gasteiger partial charge in [0.05, 0.1) is 0 Å². The van der Waals surface area contributed by atoms with Gasteiger partial charge in [-0.3, -0.25) is 0 Å². The molecule has 0 aliphatic carbocycles. The Balaban J connectivity index is 1.90. The minimum absolute atomic E-state index is 0.0298. The number of pyridine rings is 2. The molecule has 4 rings (SSSR count). The van der Waals surface area contributed by atoms with Crippen molar-refractivity contribution in [2.24, 2.45) is 7.05 Å². The maximum Gasteiger partial charge on any atom is 0.396 e. The predicted molar refractivity (Wildman–Crippen MR) is 92.4 cm³/mol. The molecule has 0 saturated carbocycles. The number of hydrogen-bond acceptors (Lipinski definition) is 3. The van der Waals surface area contributed by atoms with E-state index in [1.165, 1.54) is 0 Å². The molecule has 5 heteroatoms. The van der Waals surface area contributed by atoms with Gasteiger partial charge in [-0.05, 0) is 38.5 Å². The quantitative estimate of drug-likeness (QED) is 0.475. The van der Waals surface area contributed by atoms with Crippen LogP contribution in [-0.2, 0) is 7.05 Å². The highest BCUT2D eigenvalue weighted by molar-refractivity contribution is 6.82. The first-order chi connectivity index (χ1) is 12.3. The smallest absolute Gasteiger partial charge is 0.396 e. The van der Waals surface area contributed by atoms with E-state index >= 15 is 0 Å². The number of fused-ring (bicyclic) bond motifs is 3. The molecule has 0 radical (unpaired) electrons. The van der Waals surface area contributed by atoms with Crippen LogP contribution in [0, 0.1) is 13.8 Å². The Kier molecular flexibility index (Phi) is 2.39. The third-order valence-electron chi connectivity index (χ3n) is 4.44. The van der Waals surface area contributed by atoms with E-state index in [9.17, 15) is 0 Å². The number of hydrogen-bond donors (Lipinski definition) is 0. The Morgan fingerprint density at radius 1 is 1.39 bits per heavy atom. The van der Waals surface area contributed by atoms with Crippen LogP contribution in [0.5, 0.6) is 0 Å². The molecule has 4 nitrogen and oxygen atoms in total. The van der Waals surface area contributed by atoms with Crippen LogP contribution < -0.4 is 20.8 Å². The van der Waals surface area contributed by atoms with E-state index in [1.54, 1.807) is 12.4 Å². The maximum absolute atomic E-state index is 7.71. The zero-order valence-electron chi connectivity index (χ0n) is 16.4. The van der Waals surface area contributed by atoms with Crippen LogP contribution >= 0.6 is 0 Å². The molecule has 0 atom stereocenters. The lowest BCUT2D eigenvalue weighted by molar-refractivity contribution is -0.654. The molecule has 0 bridgehead atoms. The number of aryl methyl sites for hydroxylation is 3. The summed E-state index contributed by atoms with van der Waals surface area (Å²) >= 11 is 0. The summed E-state index contributed by atoms with van der Waals surface area (Å²) in [7, 11) is 3.87. The Bertz CT molecular complexity index is 1140. The van der Waals surface area contributed by atoms with E-state index in [0.717, 1.165) is 27.2 Å². The summed E-state index contributed by atoms with van der Waals surface area (Å²) in [4.78, 5) is 6.35. The molecule has 114 valence electrons. The molecular weight excluding hydrogens is 285 g/mol. The summed E-state index contributed by atoms with van der Waals surface area (Å²) in [5.41, 5.74) is 3.57. The second-order valence-corrected chi connectivity index (χ2v) is 6.05. The molecule has 23 heavy (non-hydrogen) atoms. The summed E-state index contributed by atoms with van der Waals surface area (Å²) in [6.07, 6.45) is 5.40. The Morgan fingerprint density at radius 2 is 2.26 bits per heavy atom. The molecule has 0 spiro atoms. The van der Waals surface area contributed by atoms with Crippen molar-refractivity contribution in [3.63, 3.8) is 0 Å². The van der Waals surface area contributed by atoms with Gasteiger partial charge in [0.1, 0.15) is 7.05 Å². The first-order valence-electron chi connectivity index (χ1n) is 9.05. The van der Waals surface area contributed by atoms with Crippen molar-refractivity contribution in [3.05, 3.63) is 52.4 Å². The van der Waals surface area contributed by atoms with Gasteiger partial charge in [0, 0.05) is 38.7 Å². The molecule has 0 saturated heterocycles. The van der Waals surface area contributed by atoms with Gasteiger partial charge in [0.2, 0.25) is 5.71 Å². The predicted octanol–water partition coefficient (Wildman–Crippen LogP) is 0.171. The highest BCUT2D eigenvalue weighted by Gasteiger charge is 2.30. The third-order valence-corrected chi connectivity index (χ3v) is 4.44. The molecule has 0 aromatic carbocycles. The van der Waals surface area contributed by atoms with Gasteiger partial charge in [-0.25, -0.2) is 9.55 Å². The highest BCUT2D eigenvalue weighted by atomic mass is 16.3. The van der Waals surface area contributed by atoms with Crippen molar-refractivity contribution in [3.8, 4) is 0 Å². The fraction of sp³-hybridized carbons (Fsp3) is 0.222. The van der Waals surface area contributed by atoms with E-state index in [4.69, 9.17) is 8.53 Å². The average Bonchev–Trinajstić information content (AvgIpc) is 2.92. The van der Waals surface area contributed by atoms with E-state index in [-0.39, 0.29) is 6.85 Å². The molecule has 1 aliphatic rings. The molecule has 4 heterocycles.